The first kappa shape index (κ1) is 13.4. The quantitative estimate of drug-likeness (QED) is 0.737. The first-order valence-electron chi connectivity index (χ1n) is 7.40. The molecule has 3 aromatic rings. The second-order valence-electron chi connectivity index (χ2n) is 5.54. The minimum atomic E-state index is -0.126. The van der Waals surface area contributed by atoms with Crippen LogP contribution in [0, 0.1) is 0 Å². The predicted octanol–water partition coefficient (Wildman–Crippen LogP) is 3.38. The number of aromatic nitrogens is 2. The normalized spacial score (nSPS) is 14.0. The number of hydrogen-bond acceptors (Lipinski definition) is 5. The lowest BCUT2D eigenvalue weighted by Gasteiger charge is -2.14. The monoisotopic (exact) mass is 309 g/mol. The number of hydrogen-bond donors (Lipinski definition) is 1. The van der Waals surface area contributed by atoms with Gasteiger partial charge in [0.15, 0.2) is 0 Å². The van der Waals surface area contributed by atoms with Crippen molar-refractivity contribution < 1.29 is 4.79 Å². The van der Waals surface area contributed by atoms with Gasteiger partial charge in [-0.15, -0.1) is 11.3 Å². The van der Waals surface area contributed by atoms with Crippen LogP contribution in [0.25, 0.3) is 10.2 Å². The molecule has 2 N–H and O–H groups in total. The van der Waals surface area contributed by atoms with Crippen molar-refractivity contribution in [2.45, 2.75) is 25.7 Å². The van der Waals surface area contributed by atoms with Crippen molar-refractivity contribution >= 4 is 33.0 Å². The number of nitrogens with zero attached hydrogens (tertiary/aromatic N) is 2. The summed E-state index contributed by atoms with van der Waals surface area (Å²) in [5.74, 6) is -0.126. The molecule has 5 heteroatoms. The number of anilines is 1. The van der Waals surface area contributed by atoms with Crippen molar-refractivity contribution in [2.24, 2.45) is 0 Å². The van der Waals surface area contributed by atoms with Crippen LogP contribution in [-0.4, -0.2) is 15.8 Å². The summed E-state index contributed by atoms with van der Waals surface area (Å²) in [7, 11) is 0. The van der Waals surface area contributed by atoms with Crippen LogP contribution >= 0.6 is 11.3 Å². The zero-order valence-electron chi connectivity index (χ0n) is 12.0. The van der Waals surface area contributed by atoms with E-state index in [4.69, 9.17) is 10.7 Å². The van der Waals surface area contributed by atoms with Gasteiger partial charge in [0.05, 0.1) is 5.69 Å². The maximum atomic E-state index is 12.6. The van der Waals surface area contributed by atoms with Crippen LogP contribution in [-0.2, 0) is 12.8 Å². The lowest BCUT2D eigenvalue weighted by Crippen LogP contribution is -2.05. The maximum Gasteiger partial charge on any atom is 0.223 e. The third kappa shape index (κ3) is 2.09. The smallest absolute Gasteiger partial charge is 0.223 e. The van der Waals surface area contributed by atoms with Gasteiger partial charge < -0.3 is 5.73 Å². The van der Waals surface area contributed by atoms with Gasteiger partial charge >= 0.3 is 0 Å². The Balaban J connectivity index is 1.85. The molecule has 4 nitrogen and oxygen atoms in total. The first-order valence-corrected chi connectivity index (χ1v) is 8.22. The van der Waals surface area contributed by atoms with Crippen molar-refractivity contribution in [1.29, 1.82) is 0 Å². The zero-order valence-corrected chi connectivity index (χ0v) is 12.8. The second-order valence-corrected chi connectivity index (χ2v) is 6.54. The molecule has 3 aromatic heterocycles. The molecular weight excluding hydrogens is 294 g/mol. The summed E-state index contributed by atoms with van der Waals surface area (Å²) < 4.78 is 0. The van der Waals surface area contributed by atoms with E-state index >= 15 is 0 Å². The highest BCUT2D eigenvalue weighted by Gasteiger charge is 2.21. The Morgan fingerprint density at radius 1 is 1.23 bits per heavy atom. The number of nitrogen functional groups attached to an aromatic ring is 1. The van der Waals surface area contributed by atoms with Crippen molar-refractivity contribution in [3.05, 3.63) is 52.3 Å². The molecule has 0 saturated heterocycles. The van der Waals surface area contributed by atoms with Crippen molar-refractivity contribution in [2.75, 3.05) is 5.73 Å². The summed E-state index contributed by atoms with van der Waals surface area (Å²) in [4.78, 5) is 22.9. The van der Waals surface area contributed by atoms with Gasteiger partial charge in [0.2, 0.25) is 5.78 Å². The average Bonchev–Trinajstić information content (AvgIpc) is 2.89. The summed E-state index contributed by atoms with van der Waals surface area (Å²) in [6.07, 6.45) is 6.08. The van der Waals surface area contributed by atoms with E-state index < -0.39 is 0 Å². The Bertz CT molecular complexity index is 870. The van der Waals surface area contributed by atoms with E-state index in [0.29, 0.717) is 16.3 Å². The molecular formula is C17H15N3OS. The number of thiophene rings is 1. The van der Waals surface area contributed by atoms with Crippen LogP contribution in [0.3, 0.4) is 0 Å². The number of carbonyl (C=O) groups excluding carboxylic acids is 1. The number of fused-ring (bicyclic) bond motifs is 2. The van der Waals surface area contributed by atoms with E-state index in [-0.39, 0.29) is 5.78 Å². The van der Waals surface area contributed by atoms with Crippen LogP contribution in [0.5, 0.6) is 0 Å². The van der Waals surface area contributed by atoms with Gasteiger partial charge in [-0.2, -0.15) is 0 Å². The Hall–Kier alpha value is -2.27. The lowest BCUT2D eigenvalue weighted by atomic mass is 9.95. The molecule has 0 saturated carbocycles. The average molecular weight is 309 g/mol. The third-order valence-corrected chi connectivity index (χ3v) is 5.22. The number of rotatable bonds is 2. The summed E-state index contributed by atoms with van der Waals surface area (Å²) >= 11 is 1.37. The standard InChI is InChI=1S/C17H15N3OS/c18-14-11-9-10-5-1-2-6-12(10)20-17(11)22-16(14)15(21)13-7-3-4-8-19-13/h3-4,7-9H,1-2,5-6,18H2. The number of carbonyl (C=O) groups is 1. The Morgan fingerprint density at radius 3 is 2.91 bits per heavy atom. The molecule has 1 aliphatic rings. The Morgan fingerprint density at radius 2 is 2.09 bits per heavy atom. The minimum Gasteiger partial charge on any atom is -0.397 e. The first-order chi connectivity index (χ1) is 10.7. The molecule has 0 aromatic carbocycles. The molecule has 0 radical (unpaired) electrons. The summed E-state index contributed by atoms with van der Waals surface area (Å²) in [6, 6.07) is 7.43. The third-order valence-electron chi connectivity index (χ3n) is 4.10. The van der Waals surface area contributed by atoms with Gasteiger partial charge in [-0.05, 0) is 49.4 Å². The number of pyridine rings is 2. The van der Waals surface area contributed by atoms with Gasteiger partial charge in [0.25, 0.3) is 0 Å². The van der Waals surface area contributed by atoms with Crippen molar-refractivity contribution in [3.63, 3.8) is 0 Å². The van der Waals surface area contributed by atoms with Gasteiger partial charge in [-0.25, -0.2) is 4.98 Å². The van der Waals surface area contributed by atoms with Gasteiger partial charge in [0.1, 0.15) is 15.4 Å². The van der Waals surface area contributed by atoms with Crippen LogP contribution in [0.4, 0.5) is 5.69 Å². The molecule has 0 atom stereocenters. The summed E-state index contributed by atoms with van der Waals surface area (Å²) in [5, 5.41) is 0.907. The molecule has 3 heterocycles. The molecule has 0 bridgehead atoms. The predicted molar refractivity (Wildman–Crippen MR) is 88.3 cm³/mol. The van der Waals surface area contributed by atoms with E-state index in [1.54, 1.807) is 24.4 Å². The SMILES string of the molecule is Nc1c(C(=O)c2ccccn2)sc2nc3c(cc12)CCCC3. The highest BCUT2D eigenvalue weighted by molar-refractivity contribution is 7.21. The van der Waals surface area contributed by atoms with Crippen molar-refractivity contribution in [1.82, 2.24) is 9.97 Å². The minimum absolute atomic E-state index is 0.126. The Labute approximate surface area is 132 Å². The molecule has 0 unspecified atom stereocenters. The lowest BCUT2D eigenvalue weighted by molar-refractivity contribution is 0.103. The van der Waals surface area contributed by atoms with Crippen molar-refractivity contribution in [3.8, 4) is 0 Å². The fraction of sp³-hybridized carbons (Fsp3) is 0.235. The van der Waals surface area contributed by atoms with Crippen LogP contribution in [0.15, 0.2) is 30.5 Å². The fourth-order valence-electron chi connectivity index (χ4n) is 2.94. The van der Waals surface area contributed by atoms with Gasteiger partial charge in [0, 0.05) is 17.3 Å². The fourth-order valence-corrected chi connectivity index (χ4v) is 3.99. The number of aryl methyl sites for hydroxylation is 2. The van der Waals surface area contributed by atoms with Crippen LogP contribution in [0.2, 0.25) is 0 Å². The second kappa shape index (κ2) is 5.18. The van der Waals surface area contributed by atoms with E-state index in [1.165, 1.54) is 29.7 Å². The summed E-state index contributed by atoms with van der Waals surface area (Å²) in [5.41, 5.74) is 9.63. The molecule has 0 fully saturated rings. The zero-order chi connectivity index (χ0) is 15.1. The van der Waals surface area contributed by atoms with E-state index in [9.17, 15) is 4.79 Å². The molecule has 0 aliphatic heterocycles. The Kier molecular flexibility index (Phi) is 3.15. The van der Waals surface area contributed by atoms with Gasteiger partial charge in [-0.1, -0.05) is 6.07 Å². The molecule has 22 heavy (non-hydrogen) atoms. The largest absolute Gasteiger partial charge is 0.397 e. The molecule has 4 rings (SSSR count). The van der Waals surface area contributed by atoms with E-state index in [0.717, 1.165) is 28.8 Å². The van der Waals surface area contributed by atoms with Crippen LogP contribution < -0.4 is 5.73 Å². The molecule has 110 valence electrons. The summed E-state index contributed by atoms with van der Waals surface area (Å²) in [6.45, 7) is 0. The van der Waals surface area contributed by atoms with E-state index in [2.05, 4.69) is 11.1 Å². The highest BCUT2D eigenvalue weighted by atomic mass is 32.1. The topological polar surface area (TPSA) is 68.9 Å². The molecule has 1 aliphatic carbocycles. The number of ketones is 1. The maximum absolute atomic E-state index is 12.6. The van der Waals surface area contributed by atoms with Crippen LogP contribution in [0.1, 0.15) is 39.5 Å². The van der Waals surface area contributed by atoms with E-state index in [1.807, 2.05) is 0 Å². The molecule has 0 amide bonds. The highest BCUT2D eigenvalue weighted by Crippen LogP contribution is 2.36. The molecule has 0 spiro atoms. The van der Waals surface area contributed by atoms with Gasteiger partial charge in [-0.3, -0.25) is 9.78 Å². The number of nitrogens with two attached hydrogens (primary N) is 1.